The standard InChI is InChI=1S/C16H10N2O/c19-15-9-14-16(11-6-2-1-5-10(11)15)18-13-8-4-3-7-12(13)17-14/h1-9,19H. The van der Waals surface area contributed by atoms with Crippen LogP contribution >= 0.6 is 0 Å². The van der Waals surface area contributed by atoms with E-state index in [-0.39, 0.29) is 5.75 Å². The third-order valence-corrected chi connectivity index (χ3v) is 3.33. The van der Waals surface area contributed by atoms with Crippen molar-refractivity contribution in [3.63, 3.8) is 0 Å². The van der Waals surface area contributed by atoms with E-state index in [4.69, 9.17) is 0 Å². The Morgan fingerprint density at radius 3 is 2.11 bits per heavy atom. The lowest BCUT2D eigenvalue weighted by Crippen LogP contribution is -1.88. The van der Waals surface area contributed by atoms with Gasteiger partial charge in [0.1, 0.15) is 5.75 Å². The van der Waals surface area contributed by atoms with Crippen LogP contribution in [0.15, 0.2) is 54.6 Å². The number of hydrogen-bond acceptors (Lipinski definition) is 3. The summed E-state index contributed by atoms with van der Waals surface area (Å²) in [6.45, 7) is 0. The van der Waals surface area contributed by atoms with E-state index in [1.165, 1.54) is 0 Å². The number of benzene rings is 3. The SMILES string of the molecule is Oc1cc2nc3ccccc3nc2c2ccccc12. The summed E-state index contributed by atoms with van der Waals surface area (Å²) in [6, 6.07) is 17.1. The Labute approximate surface area is 109 Å². The fourth-order valence-electron chi connectivity index (χ4n) is 2.43. The highest BCUT2D eigenvalue weighted by atomic mass is 16.3. The second-order valence-corrected chi connectivity index (χ2v) is 4.52. The molecular formula is C16H10N2O. The monoisotopic (exact) mass is 246 g/mol. The lowest BCUT2D eigenvalue weighted by atomic mass is 10.1. The Bertz CT molecular complexity index is 931. The minimum Gasteiger partial charge on any atom is -0.507 e. The van der Waals surface area contributed by atoms with Crippen LogP contribution in [0.25, 0.3) is 32.8 Å². The van der Waals surface area contributed by atoms with Gasteiger partial charge in [-0.15, -0.1) is 0 Å². The van der Waals surface area contributed by atoms with Crippen LogP contribution in [0.1, 0.15) is 0 Å². The second-order valence-electron chi connectivity index (χ2n) is 4.52. The van der Waals surface area contributed by atoms with Crippen molar-refractivity contribution in [2.45, 2.75) is 0 Å². The zero-order chi connectivity index (χ0) is 12.8. The van der Waals surface area contributed by atoms with Crippen LogP contribution in [0.3, 0.4) is 0 Å². The van der Waals surface area contributed by atoms with Gasteiger partial charge in [0.05, 0.1) is 22.1 Å². The molecule has 0 aliphatic rings. The van der Waals surface area contributed by atoms with Crippen molar-refractivity contribution in [3.8, 4) is 5.75 Å². The Morgan fingerprint density at radius 2 is 1.32 bits per heavy atom. The molecule has 3 nitrogen and oxygen atoms in total. The largest absolute Gasteiger partial charge is 0.507 e. The Hall–Kier alpha value is -2.68. The number of aromatic hydroxyl groups is 1. The molecular weight excluding hydrogens is 236 g/mol. The van der Waals surface area contributed by atoms with E-state index in [0.717, 1.165) is 32.8 Å². The number of aromatic nitrogens is 2. The summed E-state index contributed by atoms with van der Waals surface area (Å²) in [5.41, 5.74) is 3.25. The molecule has 19 heavy (non-hydrogen) atoms. The van der Waals surface area contributed by atoms with Gasteiger partial charge in [0.2, 0.25) is 0 Å². The van der Waals surface area contributed by atoms with Crippen LogP contribution < -0.4 is 0 Å². The van der Waals surface area contributed by atoms with Crippen LogP contribution in [0.5, 0.6) is 5.75 Å². The predicted octanol–water partition coefficient (Wildman–Crippen LogP) is 3.64. The van der Waals surface area contributed by atoms with E-state index >= 15 is 0 Å². The first kappa shape index (κ1) is 10.3. The number of para-hydroxylation sites is 2. The maximum Gasteiger partial charge on any atom is 0.125 e. The average molecular weight is 246 g/mol. The summed E-state index contributed by atoms with van der Waals surface area (Å²) < 4.78 is 0. The van der Waals surface area contributed by atoms with Crippen molar-refractivity contribution in [2.24, 2.45) is 0 Å². The molecule has 1 heterocycles. The van der Waals surface area contributed by atoms with Gasteiger partial charge in [0, 0.05) is 16.8 Å². The summed E-state index contributed by atoms with van der Waals surface area (Å²) in [6.07, 6.45) is 0. The van der Waals surface area contributed by atoms with Crippen LogP contribution in [0.2, 0.25) is 0 Å². The van der Waals surface area contributed by atoms with E-state index in [0.29, 0.717) is 0 Å². The van der Waals surface area contributed by atoms with Crippen LogP contribution in [-0.4, -0.2) is 15.1 Å². The molecule has 0 amide bonds. The number of nitrogens with zero attached hydrogens (tertiary/aromatic N) is 2. The van der Waals surface area contributed by atoms with Gasteiger partial charge in [-0.3, -0.25) is 0 Å². The van der Waals surface area contributed by atoms with Gasteiger partial charge < -0.3 is 5.11 Å². The molecule has 0 spiro atoms. The first-order chi connectivity index (χ1) is 9.33. The van der Waals surface area contributed by atoms with Gasteiger partial charge in [0.15, 0.2) is 0 Å². The first-order valence-corrected chi connectivity index (χ1v) is 6.10. The van der Waals surface area contributed by atoms with Gasteiger partial charge in [0.25, 0.3) is 0 Å². The van der Waals surface area contributed by atoms with Crippen LogP contribution in [-0.2, 0) is 0 Å². The molecule has 0 saturated heterocycles. The molecule has 3 aromatic carbocycles. The number of rotatable bonds is 0. The quantitative estimate of drug-likeness (QED) is 0.380. The van der Waals surface area contributed by atoms with Gasteiger partial charge in [-0.1, -0.05) is 36.4 Å². The fourth-order valence-corrected chi connectivity index (χ4v) is 2.43. The minimum absolute atomic E-state index is 0.243. The third-order valence-electron chi connectivity index (χ3n) is 3.33. The molecule has 0 atom stereocenters. The molecule has 0 aliphatic carbocycles. The van der Waals surface area contributed by atoms with Gasteiger partial charge in [-0.25, -0.2) is 9.97 Å². The molecule has 0 unspecified atom stereocenters. The van der Waals surface area contributed by atoms with Crippen molar-refractivity contribution >= 4 is 32.8 Å². The van der Waals surface area contributed by atoms with E-state index < -0.39 is 0 Å². The predicted molar refractivity (Wildman–Crippen MR) is 76.2 cm³/mol. The molecule has 4 aromatic rings. The molecule has 0 fully saturated rings. The molecule has 0 radical (unpaired) electrons. The van der Waals surface area contributed by atoms with Gasteiger partial charge in [-0.05, 0) is 12.1 Å². The second kappa shape index (κ2) is 3.65. The smallest absolute Gasteiger partial charge is 0.125 e. The summed E-state index contributed by atoms with van der Waals surface area (Å²) in [7, 11) is 0. The van der Waals surface area contributed by atoms with Crippen molar-refractivity contribution in [1.82, 2.24) is 9.97 Å². The highest BCUT2D eigenvalue weighted by Crippen LogP contribution is 2.31. The average Bonchev–Trinajstić information content (AvgIpc) is 2.46. The highest BCUT2D eigenvalue weighted by Gasteiger charge is 2.08. The van der Waals surface area contributed by atoms with E-state index in [1.807, 2.05) is 48.5 Å². The highest BCUT2D eigenvalue weighted by molar-refractivity contribution is 6.08. The Kier molecular flexibility index (Phi) is 1.97. The normalized spacial score (nSPS) is 11.4. The number of fused-ring (bicyclic) bond motifs is 4. The molecule has 0 saturated carbocycles. The summed E-state index contributed by atoms with van der Waals surface area (Å²) in [5.74, 6) is 0.243. The Morgan fingerprint density at radius 1 is 0.684 bits per heavy atom. The summed E-state index contributed by atoms with van der Waals surface area (Å²) in [5, 5.41) is 11.8. The summed E-state index contributed by atoms with van der Waals surface area (Å²) in [4.78, 5) is 9.24. The Balaban J connectivity index is 2.29. The third kappa shape index (κ3) is 1.45. The van der Waals surface area contributed by atoms with Crippen LogP contribution in [0.4, 0.5) is 0 Å². The van der Waals surface area contributed by atoms with E-state index in [2.05, 4.69) is 9.97 Å². The van der Waals surface area contributed by atoms with Crippen LogP contribution in [0, 0.1) is 0 Å². The zero-order valence-electron chi connectivity index (χ0n) is 10.0. The maximum atomic E-state index is 10.1. The first-order valence-electron chi connectivity index (χ1n) is 6.10. The van der Waals surface area contributed by atoms with E-state index in [9.17, 15) is 5.11 Å². The molecule has 90 valence electrons. The maximum absolute atomic E-state index is 10.1. The van der Waals surface area contributed by atoms with Gasteiger partial charge >= 0.3 is 0 Å². The molecule has 0 aliphatic heterocycles. The lowest BCUT2D eigenvalue weighted by molar-refractivity contribution is 0.482. The lowest BCUT2D eigenvalue weighted by Gasteiger charge is -2.06. The van der Waals surface area contributed by atoms with Crippen molar-refractivity contribution in [1.29, 1.82) is 0 Å². The number of hydrogen-bond donors (Lipinski definition) is 1. The van der Waals surface area contributed by atoms with Crippen molar-refractivity contribution in [3.05, 3.63) is 54.6 Å². The molecule has 4 rings (SSSR count). The molecule has 0 bridgehead atoms. The summed E-state index contributed by atoms with van der Waals surface area (Å²) >= 11 is 0. The molecule has 1 N–H and O–H groups in total. The van der Waals surface area contributed by atoms with Crippen molar-refractivity contribution in [2.75, 3.05) is 0 Å². The molecule has 1 aromatic heterocycles. The zero-order valence-corrected chi connectivity index (χ0v) is 10.0. The van der Waals surface area contributed by atoms with Crippen molar-refractivity contribution < 1.29 is 5.11 Å². The van der Waals surface area contributed by atoms with Gasteiger partial charge in [-0.2, -0.15) is 0 Å². The number of phenolic OH excluding ortho intramolecular Hbond substituents is 1. The van der Waals surface area contributed by atoms with E-state index in [1.54, 1.807) is 6.07 Å². The number of phenols is 1. The molecule has 3 heteroatoms. The minimum atomic E-state index is 0.243. The topological polar surface area (TPSA) is 46.0 Å². The fraction of sp³-hybridized carbons (Fsp3) is 0.